The number of aliphatic carboxylic acids is 1. The fraction of sp³-hybridized carbons (Fsp3) is 0.500. The number of fused-ring (bicyclic) bond motifs is 1. The van der Waals surface area contributed by atoms with Crippen LogP contribution in [0.1, 0.15) is 32.3 Å². The van der Waals surface area contributed by atoms with E-state index in [1.165, 1.54) is 0 Å². The number of benzene rings is 1. The topological polar surface area (TPSA) is 60.9 Å². The van der Waals surface area contributed by atoms with Crippen LogP contribution in [-0.4, -0.2) is 47.6 Å². The van der Waals surface area contributed by atoms with Gasteiger partial charge < -0.3 is 14.9 Å². The van der Waals surface area contributed by atoms with Gasteiger partial charge in [0.05, 0.1) is 0 Å². The molecule has 21 heavy (non-hydrogen) atoms. The Balaban J connectivity index is 2.29. The van der Waals surface area contributed by atoms with Crippen LogP contribution in [0.2, 0.25) is 0 Å². The van der Waals surface area contributed by atoms with Crippen molar-refractivity contribution in [2.24, 2.45) is 0 Å². The molecule has 2 unspecified atom stereocenters. The van der Waals surface area contributed by atoms with Crippen molar-refractivity contribution in [3.8, 4) is 0 Å². The molecule has 0 spiro atoms. The van der Waals surface area contributed by atoms with Crippen LogP contribution in [0.25, 0.3) is 0 Å². The number of anilines is 1. The molecule has 1 aromatic carbocycles. The van der Waals surface area contributed by atoms with Crippen LogP contribution in [0, 0.1) is 0 Å². The Morgan fingerprint density at radius 1 is 1.33 bits per heavy atom. The molecule has 0 bridgehead atoms. The fourth-order valence-electron chi connectivity index (χ4n) is 2.95. The first kappa shape index (κ1) is 15.4. The monoisotopic (exact) mass is 290 g/mol. The number of carboxylic acid groups (broad SMARTS) is 1. The summed E-state index contributed by atoms with van der Waals surface area (Å²) in [7, 11) is 0. The molecule has 5 nitrogen and oxygen atoms in total. The number of carbonyl (C=O) groups is 2. The summed E-state index contributed by atoms with van der Waals surface area (Å²) in [6.45, 7) is 7.43. The lowest BCUT2D eigenvalue weighted by Crippen LogP contribution is -2.47. The Hall–Kier alpha value is -2.04. The molecule has 1 aliphatic rings. The van der Waals surface area contributed by atoms with Crippen molar-refractivity contribution in [2.75, 3.05) is 24.5 Å². The Kier molecular flexibility index (Phi) is 4.50. The maximum Gasteiger partial charge on any atom is 0.312 e. The normalized spacial score (nSPS) is 18.2. The Labute approximate surface area is 125 Å². The minimum Gasteiger partial charge on any atom is -0.481 e. The zero-order chi connectivity index (χ0) is 15.6. The van der Waals surface area contributed by atoms with Crippen LogP contribution in [0.5, 0.6) is 0 Å². The third kappa shape index (κ3) is 2.73. The number of hydrogen-bond donors (Lipinski definition) is 1. The molecule has 114 valence electrons. The molecule has 1 heterocycles. The summed E-state index contributed by atoms with van der Waals surface area (Å²) >= 11 is 0. The van der Waals surface area contributed by atoms with Gasteiger partial charge in [-0.3, -0.25) is 9.59 Å². The zero-order valence-corrected chi connectivity index (χ0v) is 12.7. The summed E-state index contributed by atoms with van der Waals surface area (Å²) in [6, 6.07) is 7.10. The van der Waals surface area contributed by atoms with E-state index in [4.69, 9.17) is 0 Å². The number of amides is 1. The van der Waals surface area contributed by atoms with Crippen molar-refractivity contribution in [1.82, 2.24) is 4.90 Å². The lowest BCUT2D eigenvalue weighted by Gasteiger charge is -2.31. The van der Waals surface area contributed by atoms with Gasteiger partial charge in [0, 0.05) is 25.3 Å². The molecule has 1 N–H and O–H groups in total. The van der Waals surface area contributed by atoms with Crippen LogP contribution in [0.4, 0.5) is 5.69 Å². The summed E-state index contributed by atoms with van der Waals surface area (Å²) in [4.78, 5) is 27.6. The molecular weight excluding hydrogens is 268 g/mol. The van der Waals surface area contributed by atoms with Gasteiger partial charge in [-0.1, -0.05) is 18.2 Å². The Morgan fingerprint density at radius 3 is 2.52 bits per heavy atom. The molecule has 1 amide bonds. The average molecular weight is 290 g/mol. The van der Waals surface area contributed by atoms with E-state index in [1.807, 2.05) is 49.9 Å². The van der Waals surface area contributed by atoms with Crippen molar-refractivity contribution in [3.63, 3.8) is 0 Å². The first-order valence-electron chi connectivity index (χ1n) is 7.38. The van der Waals surface area contributed by atoms with E-state index in [9.17, 15) is 14.7 Å². The molecule has 0 saturated carbocycles. The van der Waals surface area contributed by atoms with Gasteiger partial charge in [-0.15, -0.1) is 0 Å². The summed E-state index contributed by atoms with van der Waals surface area (Å²) in [5.41, 5.74) is 1.65. The molecule has 0 radical (unpaired) electrons. The van der Waals surface area contributed by atoms with Gasteiger partial charge >= 0.3 is 5.97 Å². The molecule has 0 aromatic heterocycles. The smallest absolute Gasteiger partial charge is 0.312 e. The molecule has 2 rings (SSSR count). The fourth-order valence-corrected chi connectivity index (χ4v) is 2.95. The Bertz CT molecular complexity index is 540. The lowest BCUT2D eigenvalue weighted by atomic mass is 10.0. The summed E-state index contributed by atoms with van der Waals surface area (Å²) in [6.07, 6.45) is 0. The molecule has 0 fully saturated rings. The number of carbonyl (C=O) groups excluding carboxylic acids is 1. The minimum atomic E-state index is -0.840. The molecule has 1 aliphatic heterocycles. The van der Waals surface area contributed by atoms with Crippen LogP contribution in [0.3, 0.4) is 0 Å². The van der Waals surface area contributed by atoms with Gasteiger partial charge in [0.1, 0.15) is 12.0 Å². The highest BCUT2D eigenvalue weighted by molar-refractivity contribution is 5.89. The highest BCUT2D eigenvalue weighted by Gasteiger charge is 2.37. The van der Waals surface area contributed by atoms with E-state index in [0.717, 1.165) is 11.3 Å². The number of nitrogens with zero attached hydrogens (tertiary/aromatic N) is 2. The highest BCUT2D eigenvalue weighted by Crippen LogP contribution is 2.37. The standard InChI is InChI=1S/C16H22N2O3/c1-4-17(5-2)15(19)11(3)18-10-13(16(20)21)12-8-6-7-9-14(12)18/h6-9,11,13H,4-5,10H2,1-3H3,(H,20,21). The number of carboxylic acids is 1. The van der Waals surface area contributed by atoms with E-state index >= 15 is 0 Å². The second kappa shape index (κ2) is 6.16. The van der Waals surface area contributed by atoms with Crippen molar-refractivity contribution in [2.45, 2.75) is 32.7 Å². The molecular formula is C16H22N2O3. The van der Waals surface area contributed by atoms with Gasteiger partial charge in [0.25, 0.3) is 0 Å². The number of rotatable bonds is 5. The number of para-hydroxylation sites is 1. The molecule has 1 aromatic rings. The van der Waals surface area contributed by atoms with E-state index in [0.29, 0.717) is 19.6 Å². The number of likely N-dealkylation sites (N-methyl/N-ethyl adjacent to an activating group) is 1. The lowest BCUT2D eigenvalue weighted by molar-refractivity contribution is -0.138. The maximum atomic E-state index is 12.5. The Morgan fingerprint density at radius 2 is 1.95 bits per heavy atom. The van der Waals surface area contributed by atoms with E-state index in [-0.39, 0.29) is 11.9 Å². The maximum absolute atomic E-state index is 12.5. The summed E-state index contributed by atoms with van der Waals surface area (Å²) < 4.78 is 0. The predicted octanol–water partition coefficient (Wildman–Crippen LogP) is 1.93. The molecule has 2 atom stereocenters. The average Bonchev–Trinajstić information content (AvgIpc) is 2.87. The molecule has 0 aliphatic carbocycles. The van der Waals surface area contributed by atoms with Crippen molar-refractivity contribution < 1.29 is 14.7 Å². The molecule has 0 saturated heterocycles. The van der Waals surface area contributed by atoms with E-state index in [2.05, 4.69) is 0 Å². The second-order valence-electron chi connectivity index (χ2n) is 5.29. The predicted molar refractivity (Wildman–Crippen MR) is 81.6 cm³/mol. The third-order valence-corrected chi connectivity index (χ3v) is 4.20. The minimum absolute atomic E-state index is 0.0424. The van der Waals surface area contributed by atoms with Gasteiger partial charge in [-0.2, -0.15) is 0 Å². The van der Waals surface area contributed by atoms with Crippen LogP contribution < -0.4 is 4.90 Å². The van der Waals surface area contributed by atoms with Gasteiger partial charge in [0.2, 0.25) is 5.91 Å². The van der Waals surface area contributed by atoms with Crippen molar-refractivity contribution >= 4 is 17.6 Å². The van der Waals surface area contributed by atoms with E-state index in [1.54, 1.807) is 4.90 Å². The van der Waals surface area contributed by atoms with Crippen LogP contribution in [-0.2, 0) is 9.59 Å². The van der Waals surface area contributed by atoms with Crippen LogP contribution >= 0.6 is 0 Å². The second-order valence-corrected chi connectivity index (χ2v) is 5.29. The van der Waals surface area contributed by atoms with Gasteiger partial charge in [-0.05, 0) is 32.4 Å². The number of hydrogen-bond acceptors (Lipinski definition) is 3. The zero-order valence-electron chi connectivity index (χ0n) is 12.7. The van der Waals surface area contributed by atoms with E-state index < -0.39 is 11.9 Å². The first-order valence-corrected chi connectivity index (χ1v) is 7.38. The quantitative estimate of drug-likeness (QED) is 0.900. The first-order chi connectivity index (χ1) is 10.0. The summed E-state index contributed by atoms with van der Waals surface area (Å²) in [5.74, 6) is -1.36. The SMILES string of the molecule is CCN(CC)C(=O)C(C)N1CC(C(=O)O)c2ccccc21. The molecule has 5 heteroatoms. The largest absolute Gasteiger partial charge is 0.481 e. The van der Waals surface area contributed by atoms with Gasteiger partial charge in [-0.25, -0.2) is 0 Å². The van der Waals surface area contributed by atoms with Crippen molar-refractivity contribution in [3.05, 3.63) is 29.8 Å². The van der Waals surface area contributed by atoms with Crippen molar-refractivity contribution in [1.29, 1.82) is 0 Å². The third-order valence-electron chi connectivity index (χ3n) is 4.20. The summed E-state index contributed by atoms with van der Waals surface area (Å²) in [5, 5.41) is 9.38. The highest BCUT2D eigenvalue weighted by atomic mass is 16.4. The van der Waals surface area contributed by atoms with Gasteiger partial charge in [0.15, 0.2) is 0 Å². The van der Waals surface area contributed by atoms with Crippen LogP contribution in [0.15, 0.2) is 24.3 Å².